The summed E-state index contributed by atoms with van der Waals surface area (Å²) < 4.78 is 0. The van der Waals surface area contributed by atoms with E-state index in [4.69, 9.17) is 0 Å². The molecular weight excluding hydrogens is 252 g/mol. The monoisotopic (exact) mass is 272 g/mol. The number of aryl methyl sites for hydroxylation is 1. The molecule has 5 rings (SSSR count). The van der Waals surface area contributed by atoms with Gasteiger partial charge in [-0.1, -0.05) is 0 Å². The first-order valence-corrected chi connectivity index (χ1v) is 7.49. The highest BCUT2D eigenvalue weighted by Crippen LogP contribution is 2.52. The molecule has 1 aromatic rings. The number of hydrogen-bond acceptors (Lipinski definition) is 4. The first-order valence-electron chi connectivity index (χ1n) is 7.49. The van der Waals surface area contributed by atoms with Gasteiger partial charge in [0, 0.05) is 23.4 Å². The van der Waals surface area contributed by atoms with Gasteiger partial charge in [0.2, 0.25) is 5.95 Å². The van der Waals surface area contributed by atoms with Crippen molar-refractivity contribution in [1.82, 2.24) is 15.4 Å². The molecule has 1 heterocycles. The average molecular weight is 272 g/mol. The van der Waals surface area contributed by atoms with Crippen molar-refractivity contribution in [3.05, 3.63) is 33.4 Å². The minimum Gasteiger partial charge on any atom is -0.302 e. The lowest BCUT2D eigenvalue weighted by molar-refractivity contribution is 0.152. The third kappa shape index (κ3) is 2.01. The van der Waals surface area contributed by atoms with E-state index in [0.29, 0.717) is 11.9 Å². The Morgan fingerprint density at radius 1 is 1.20 bits per heavy atom. The Hall–Kier alpha value is -1.78. The fourth-order valence-corrected chi connectivity index (χ4v) is 4.38. The molecule has 5 nitrogen and oxygen atoms in total. The topological polar surface area (TPSA) is 69.8 Å². The predicted molar refractivity (Wildman–Crippen MR) is 76.9 cm³/mol. The van der Waals surface area contributed by atoms with Crippen molar-refractivity contribution in [3.8, 4) is 0 Å². The summed E-state index contributed by atoms with van der Waals surface area (Å²) in [6.45, 7) is 1.82. The highest BCUT2D eigenvalue weighted by molar-refractivity contribution is 5.31. The van der Waals surface area contributed by atoms with Gasteiger partial charge in [-0.2, -0.15) is 0 Å². The molecule has 2 fully saturated rings. The molecule has 106 valence electrons. The molecule has 20 heavy (non-hydrogen) atoms. The molecule has 1 unspecified atom stereocenters. The summed E-state index contributed by atoms with van der Waals surface area (Å²) in [6.07, 6.45) is 6.60. The molecule has 2 saturated carbocycles. The van der Waals surface area contributed by atoms with Gasteiger partial charge in [-0.25, -0.2) is 4.98 Å². The standard InChI is InChI=1S/C15H20N4O/c1-8-2-13(20)17-15(16-8)19-18-14-11-4-9-3-10(6-11)7-12(14)5-9/h2,9-11,18H,3-7H2,1H3,(H2,16,17,19,20)/t9-,10+,11?. The summed E-state index contributed by atoms with van der Waals surface area (Å²) in [5, 5.41) is 0. The van der Waals surface area contributed by atoms with Gasteiger partial charge in [0.1, 0.15) is 0 Å². The number of nitrogens with one attached hydrogen (secondary N) is 3. The Morgan fingerprint density at radius 2 is 1.95 bits per heavy atom. The SMILES string of the molecule is Cc1cc(=O)[nH]c(NNC2=C3C[C@@H]4CC2C[C@H](C3)C4)n1. The summed E-state index contributed by atoms with van der Waals surface area (Å²) in [4.78, 5) is 18.4. The maximum absolute atomic E-state index is 11.4. The molecule has 3 atom stereocenters. The van der Waals surface area contributed by atoms with E-state index in [1.54, 1.807) is 5.57 Å². The van der Waals surface area contributed by atoms with Crippen molar-refractivity contribution in [1.29, 1.82) is 0 Å². The van der Waals surface area contributed by atoms with Crippen LogP contribution in [0, 0.1) is 24.7 Å². The Bertz CT molecular complexity index is 617. The van der Waals surface area contributed by atoms with E-state index < -0.39 is 0 Å². The van der Waals surface area contributed by atoms with Crippen LogP contribution in [0.15, 0.2) is 22.1 Å². The van der Waals surface area contributed by atoms with Crippen LogP contribution in [0.25, 0.3) is 0 Å². The van der Waals surface area contributed by atoms with Crippen molar-refractivity contribution >= 4 is 5.95 Å². The summed E-state index contributed by atoms with van der Waals surface area (Å²) in [6, 6.07) is 1.50. The van der Waals surface area contributed by atoms with Crippen LogP contribution in [0.1, 0.15) is 37.8 Å². The van der Waals surface area contributed by atoms with Gasteiger partial charge in [-0.3, -0.25) is 15.2 Å². The zero-order valence-corrected chi connectivity index (χ0v) is 11.7. The first kappa shape index (κ1) is 12.0. The van der Waals surface area contributed by atoms with Crippen molar-refractivity contribution in [3.63, 3.8) is 0 Å². The molecule has 0 saturated heterocycles. The highest BCUT2D eigenvalue weighted by Gasteiger charge is 2.41. The molecule has 0 amide bonds. The highest BCUT2D eigenvalue weighted by atomic mass is 16.1. The number of anilines is 1. The smallest absolute Gasteiger partial charge is 0.252 e. The van der Waals surface area contributed by atoms with Gasteiger partial charge < -0.3 is 5.43 Å². The van der Waals surface area contributed by atoms with Crippen molar-refractivity contribution in [2.45, 2.75) is 39.0 Å². The summed E-state index contributed by atoms with van der Waals surface area (Å²) in [5.74, 6) is 3.02. The van der Waals surface area contributed by atoms with Crippen LogP contribution in [-0.2, 0) is 0 Å². The zero-order valence-electron chi connectivity index (χ0n) is 11.7. The molecule has 4 aliphatic rings. The van der Waals surface area contributed by atoms with Crippen molar-refractivity contribution in [2.75, 3.05) is 5.43 Å². The average Bonchev–Trinajstić information content (AvgIpc) is 2.35. The number of nitrogens with zero attached hydrogens (tertiary/aromatic N) is 1. The fraction of sp³-hybridized carbons (Fsp3) is 0.600. The van der Waals surface area contributed by atoms with E-state index >= 15 is 0 Å². The Labute approximate surface area is 117 Å². The predicted octanol–water partition coefficient (Wildman–Crippen LogP) is 2.09. The van der Waals surface area contributed by atoms with E-state index in [9.17, 15) is 4.79 Å². The largest absolute Gasteiger partial charge is 0.302 e. The van der Waals surface area contributed by atoms with Crippen LogP contribution >= 0.6 is 0 Å². The molecule has 0 aliphatic heterocycles. The molecule has 4 bridgehead atoms. The lowest BCUT2D eigenvalue weighted by Crippen LogP contribution is -2.41. The van der Waals surface area contributed by atoms with Gasteiger partial charge >= 0.3 is 0 Å². The maximum atomic E-state index is 11.4. The summed E-state index contributed by atoms with van der Waals surface area (Å²) >= 11 is 0. The first-order chi connectivity index (χ1) is 9.67. The van der Waals surface area contributed by atoms with E-state index in [-0.39, 0.29) is 5.56 Å². The van der Waals surface area contributed by atoms with E-state index in [2.05, 4.69) is 20.8 Å². The normalized spacial score (nSPS) is 30.8. The zero-order chi connectivity index (χ0) is 13.7. The Kier molecular flexibility index (Phi) is 2.62. The molecular formula is C15H20N4O. The lowest BCUT2D eigenvalue weighted by Gasteiger charge is -2.47. The number of hydrazine groups is 1. The molecule has 0 aromatic carbocycles. The van der Waals surface area contributed by atoms with Crippen molar-refractivity contribution in [2.24, 2.45) is 17.8 Å². The van der Waals surface area contributed by atoms with Crippen LogP contribution in [0.3, 0.4) is 0 Å². The second kappa shape index (κ2) is 4.36. The molecule has 5 heteroatoms. The molecule has 0 spiro atoms. The number of rotatable bonds is 3. The van der Waals surface area contributed by atoms with Crippen LogP contribution in [0.5, 0.6) is 0 Å². The van der Waals surface area contributed by atoms with Crippen molar-refractivity contribution < 1.29 is 0 Å². The summed E-state index contributed by atoms with van der Waals surface area (Å²) in [5.41, 5.74) is 9.97. The number of aromatic nitrogens is 2. The van der Waals surface area contributed by atoms with Crippen LogP contribution in [0.2, 0.25) is 0 Å². The Morgan fingerprint density at radius 3 is 2.60 bits per heavy atom. The number of aromatic amines is 1. The lowest BCUT2D eigenvalue weighted by atomic mass is 9.60. The van der Waals surface area contributed by atoms with Crippen LogP contribution < -0.4 is 16.4 Å². The van der Waals surface area contributed by atoms with Gasteiger partial charge in [0.15, 0.2) is 0 Å². The third-order valence-corrected chi connectivity index (χ3v) is 4.95. The second-order valence-corrected chi connectivity index (χ2v) is 6.55. The number of allylic oxidation sites excluding steroid dienone is 2. The number of H-pyrrole nitrogens is 1. The third-order valence-electron chi connectivity index (χ3n) is 4.95. The molecule has 3 N–H and O–H groups in total. The molecule has 4 aliphatic carbocycles. The second-order valence-electron chi connectivity index (χ2n) is 6.55. The van der Waals surface area contributed by atoms with E-state index in [1.807, 2.05) is 6.92 Å². The van der Waals surface area contributed by atoms with Crippen LogP contribution in [0.4, 0.5) is 5.95 Å². The summed E-state index contributed by atoms with van der Waals surface area (Å²) in [7, 11) is 0. The molecule has 1 aromatic heterocycles. The fourth-order valence-electron chi connectivity index (χ4n) is 4.38. The van der Waals surface area contributed by atoms with E-state index in [0.717, 1.165) is 17.5 Å². The van der Waals surface area contributed by atoms with Gasteiger partial charge in [-0.15, -0.1) is 0 Å². The van der Waals surface area contributed by atoms with Gasteiger partial charge in [-0.05, 0) is 56.4 Å². The van der Waals surface area contributed by atoms with Gasteiger partial charge in [0.25, 0.3) is 5.56 Å². The number of hydrogen-bond donors (Lipinski definition) is 3. The maximum Gasteiger partial charge on any atom is 0.252 e. The quantitative estimate of drug-likeness (QED) is 0.737. The molecule has 0 radical (unpaired) electrons. The van der Waals surface area contributed by atoms with Crippen LogP contribution in [-0.4, -0.2) is 9.97 Å². The Balaban J connectivity index is 1.53. The minimum atomic E-state index is -0.121. The minimum absolute atomic E-state index is 0.121. The van der Waals surface area contributed by atoms with E-state index in [1.165, 1.54) is 43.9 Å². The van der Waals surface area contributed by atoms with Gasteiger partial charge in [0.05, 0.1) is 0 Å².